The van der Waals surface area contributed by atoms with E-state index in [1.165, 1.54) is 12.4 Å². The third kappa shape index (κ3) is 3.62. The number of aromatic nitrogens is 2. The molecule has 1 N–H and O–H groups in total. The minimum atomic E-state index is -0.333. The molecular weight excluding hydrogens is 309 g/mol. The van der Waals surface area contributed by atoms with Gasteiger partial charge in [-0.05, 0) is 26.0 Å². The number of para-hydroxylation sites is 1. The summed E-state index contributed by atoms with van der Waals surface area (Å²) >= 11 is 0. The number of benzene rings is 1. The highest BCUT2D eigenvalue weighted by Crippen LogP contribution is 2.25. The zero-order valence-electron chi connectivity index (χ0n) is 14.0. The Bertz CT molecular complexity index is 728. The molecule has 0 atom stereocenters. The van der Waals surface area contributed by atoms with E-state index in [-0.39, 0.29) is 17.8 Å². The van der Waals surface area contributed by atoms with Gasteiger partial charge in [-0.2, -0.15) is 0 Å². The average molecular weight is 331 g/mol. The molecule has 2 heterocycles. The Kier molecular flexibility index (Phi) is 4.89. The summed E-state index contributed by atoms with van der Waals surface area (Å²) in [7, 11) is 0. The number of anilines is 1. The van der Waals surface area contributed by atoms with E-state index in [1.807, 2.05) is 19.9 Å². The van der Waals surface area contributed by atoms with E-state index < -0.39 is 0 Å². The third-order valence-corrected chi connectivity index (χ3v) is 4.08. The topological polar surface area (TPSA) is 61.4 Å². The van der Waals surface area contributed by atoms with Crippen LogP contribution in [0.3, 0.4) is 0 Å². The van der Waals surface area contributed by atoms with Crippen molar-refractivity contribution in [2.24, 2.45) is 0 Å². The van der Waals surface area contributed by atoms with Gasteiger partial charge in [-0.25, -0.2) is 14.4 Å². The predicted molar refractivity (Wildman–Crippen MR) is 91.4 cm³/mol. The number of amides is 1. The molecule has 0 bridgehead atoms. The molecule has 7 heteroatoms. The van der Waals surface area contributed by atoms with E-state index in [0.29, 0.717) is 12.1 Å². The Balaban J connectivity index is 1.67. The number of rotatable bonds is 4. The summed E-state index contributed by atoms with van der Waals surface area (Å²) in [6.45, 7) is 7.35. The van der Waals surface area contributed by atoms with Crippen molar-refractivity contribution in [3.8, 4) is 0 Å². The van der Waals surface area contributed by atoms with E-state index >= 15 is 0 Å². The molecule has 6 nitrogen and oxygen atoms in total. The van der Waals surface area contributed by atoms with Crippen LogP contribution in [0, 0.1) is 5.82 Å². The summed E-state index contributed by atoms with van der Waals surface area (Å²) in [5, 5.41) is 3.63. The lowest BCUT2D eigenvalue weighted by atomic mass is 10.2. The van der Waals surface area contributed by atoms with Crippen molar-refractivity contribution in [2.45, 2.75) is 19.9 Å². The highest BCUT2D eigenvalue weighted by Gasteiger charge is 2.22. The van der Waals surface area contributed by atoms with E-state index in [9.17, 15) is 9.18 Å². The molecule has 3 rings (SSSR count). The van der Waals surface area contributed by atoms with Crippen molar-refractivity contribution in [1.82, 2.24) is 20.2 Å². The van der Waals surface area contributed by atoms with Gasteiger partial charge in [0, 0.05) is 37.6 Å². The summed E-state index contributed by atoms with van der Waals surface area (Å²) in [5.41, 5.74) is 0.348. The fraction of sp³-hybridized carbons (Fsp3) is 0.471. The third-order valence-electron chi connectivity index (χ3n) is 4.08. The van der Waals surface area contributed by atoms with Crippen molar-refractivity contribution in [3.63, 3.8) is 0 Å². The average Bonchev–Trinajstić information content (AvgIpc) is 2.55. The lowest BCUT2D eigenvalue weighted by Gasteiger charge is -2.35. The number of nitrogens with one attached hydrogen (secondary N) is 1. The highest BCUT2D eigenvalue weighted by atomic mass is 19.1. The summed E-state index contributed by atoms with van der Waals surface area (Å²) in [5.74, 6) is 0.471. The van der Waals surface area contributed by atoms with Gasteiger partial charge in [0.05, 0.1) is 6.54 Å². The summed E-state index contributed by atoms with van der Waals surface area (Å²) in [4.78, 5) is 24.5. The quantitative estimate of drug-likeness (QED) is 0.918. The first kappa shape index (κ1) is 16.6. The summed E-state index contributed by atoms with van der Waals surface area (Å²) in [6, 6.07) is 5.08. The second kappa shape index (κ2) is 7.09. The number of piperazine rings is 1. The molecule has 1 saturated heterocycles. The molecule has 1 amide bonds. The minimum absolute atomic E-state index is 0.0491. The minimum Gasteiger partial charge on any atom is -0.353 e. The molecule has 0 radical (unpaired) electrons. The van der Waals surface area contributed by atoms with Gasteiger partial charge in [0.1, 0.15) is 23.5 Å². The van der Waals surface area contributed by atoms with Gasteiger partial charge < -0.3 is 10.2 Å². The first-order valence-corrected chi connectivity index (χ1v) is 8.20. The Hall–Kier alpha value is -2.28. The van der Waals surface area contributed by atoms with Crippen molar-refractivity contribution in [3.05, 3.63) is 30.3 Å². The zero-order valence-corrected chi connectivity index (χ0v) is 14.0. The zero-order chi connectivity index (χ0) is 17.1. The first-order chi connectivity index (χ1) is 11.5. The van der Waals surface area contributed by atoms with Crippen LogP contribution < -0.4 is 10.2 Å². The Morgan fingerprint density at radius 1 is 1.25 bits per heavy atom. The molecule has 0 saturated carbocycles. The van der Waals surface area contributed by atoms with Crippen LogP contribution in [0.5, 0.6) is 0 Å². The molecule has 1 aromatic heterocycles. The van der Waals surface area contributed by atoms with Crippen molar-refractivity contribution in [1.29, 1.82) is 0 Å². The monoisotopic (exact) mass is 331 g/mol. The van der Waals surface area contributed by atoms with E-state index in [0.717, 1.165) is 37.4 Å². The second-order valence-corrected chi connectivity index (χ2v) is 6.32. The molecule has 128 valence electrons. The second-order valence-electron chi connectivity index (χ2n) is 6.32. The number of carbonyl (C=O) groups excluding carboxylic acids is 1. The largest absolute Gasteiger partial charge is 0.353 e. The smallest absolute Gasteiger partial charge is 0.234 e. The van der Waals surface area contributed by atoms with Crippen LogP contribution in [-0.4, -0.2) is 59.5 Å². The molecule has 24 heavy (non-hydrogen) atoms. The standard InChI is InChI=1S/C17H22FN5O/c1-12(2)21-15(24)10-22-6-8-23(9-7-22)17-13-4-3-5-14(18)16(13)19-11-20-17/h3-5,11-12H,6-10H2,1-2H3,(H,21,24). The number of carbonyl (C=O) groups is 1. The fourth-order valence-electron chi connectivity index (χ4n) is 2.98. The fourth-order valence-corrected chi connectivity index (χ4v) is 2.98. The number of fused-ring (bicyclic) bond motifs is 1. The van der Waals surface area contributed by atoms with Crippen LogP contribution in [0.15, 0.2) is 24.5 Å². The molecular formula is C17H22FN5O. The normalized spacial score (nSPS) is 15.9. The maximum absolute atomic E-state index is 13.9. The Morgan fingerprint density at radius 3 is 2.71 bits per heavy atom. The van der Waals surface area contributed by atoms with Crippen LogP contribution in [0.1, 0.15) is 13.8 Å². The first-order valence-electron chi connectivity index (χ1n) is 8.20. The molecule has 0 spiro atoms. The number of halogens is 1. The van der Waals surface area contributed by atoms with Crippen molar-refractivity contribution < 1.29 is 9.18 Å². The molecule has 1 fully saturated rings. The molecule has 2 aromatic rings. The lowest BCUT2D eigenvalue weighted by Crippen LogP contribution is -2.50. The van der Waals surface area contributed by atoms with Crippen LogP contribution in [0.4, 0.5) is 10.2 Å². The van der Waals surface area contributed by atoms with Gasteiger partial charge in [-0.3, -0.25) is 9.69 Å². The van der Waals surface area contributed by atoms with Gasteiger partial charge in [0.2, 0.25) is 5.91 Å². The van der Waals surface area contributed by atoms with Crippen molar-refractivity contribution in [2.75, 3.05) is 37.6 Å². The number of hydrogen-bond acceptors (Lipinski definition) is 5. The van der Waals surface area contributed by atoms with E-state index in [2.05, 4.69) is 25.1 Å². The molecule has 1 aliphatic rings. The van der Waals surface area contributed by atoms with E-state index in [1.54, 1.807) is 6.07 Å². The molecule has 1 aliphatic heterocycles. The van der Waals surface area contributed by atoms with E-state index in [4.69, 9.17) is 0 Å². The Morgan fingerprint density at radius 2 is 2.00 bits per heavy atom. The lowest BCUT2D eigenvalue weighted by molar-refractivity contribution is -0.122. The van der Waals surface area contributed by atoms with Gasteiger partial charge in [0.25, 0.3) is 0 Å². The molecule has 0 unspecified atom stereocenters. The maximum Gasteiger partial charge on any atom is 0.234 e. The summed E-state index contributed by atoms with van der Waals surface area (Å²) in [6.07, 6.45) is 1.41. The SMILES string of the molecule is CC(C)NC(=O)CN1CCN(c2ncnc3c(F)cccc23)CC1. The predicted octanol–water partition coefficient (Wildman–Crippen LogP) is 1.42. The van der Waals surface area contributed by atoms with Crippen molar-refractivity contribution >= 4 is 22.6 Å². The Labute approximate surface area is 140 Å². The van der Waals surface area contributed by atoms with Gasteiger partial charge in [-0.15, -0.1) is 0 Å². The number of nitrogens with zero attached hydrogens (tertiary/aromatic N) is 4. The van der Waals surface area contributed by atoms with Crippen LogP contribution in [0.25, 0.3) is 10.9 Å². The van der Waals surface area contributed by atoms with Gasteiger partial charge in [-0.1, -0.05) is 6.07 Å². The van der Waals surface area contributed by atoms with Gasteiger partial charge in [0.15, 0.2) is 0 Å². The maximum atomic E-state index is 13.9. The highest BCUT2D eigenvalue weighted by molar-refractivity contribution is 5.89. The van der Waals surface area contributed by atoms with Crippen LogP contribution >= 0.6 is 0 Å². The molecule has 0 aliphatic carbocycles. The van der Waals surface area contributed by atoms with Crippen LogP contribution in [0.2, 0.25) is 0 Å². The van der Waals surface area contributed by atoms with Gasteiger partial charge >= 0.3 is 0 Å². The molecule has 1 aromatic carbocycles. The number of hydrogen-bond donors (Lipinski definition) is 1. The van der Waals surface area contributed by atoms with Crippen LogP contribution in [-0.2, 0) is 4.79 Å². The summed E-state index contributed by atoms with van der Waals surface area (Å²) < 4.78 is 13.9.